The van der Waals surface area contributed by atoms with Crippen molar-refractivity contribution in [3.63, 3.8) is 0 Å². The lowest BCUT2D eigenvalue weighted by atomic mass is 10.1. The highest BCUT2D eigenvalue weighted by Crippen LogP contribution is 2.29. The molecule has 0 spiro atoms. The molecule has 134 valence electrons. The summed E-state index contributed by atoms with van der Waals surface area (Å²) in [4.78, 5) is 2.65. The van der Waals surface area contributed by atoms with Crippen molar-refractivity contribution in [1.82, 2.24) is 4.57 Å². The van der Waals surface area contributed by atoms with Crippen LogP contribution in [0.1, 0.15) is 26.7 Å². The second kappa shape index (κ2) is 8.21. The molecule has 0 aliphatic carbocycles. The van der Waals surface area contributed by atoms with E-state index in [1.807, 2.05) is 11.3 Å². The SMILES string of the molecule is CSc1sc(C)c(C)[n+]1-c1cccc(-n2c(C)c(C)sc2=S)c1C.[I-]. The topological polar surface area (TPSA) is 8.81 Å². The maximum atomic E-state index is 5.61. The van der Waals surface area contributed by atoms with Gasteiger partial charge in [-0.3, -0.25) is 4.57 Å². The molecule has 0 radical (unpaired) electrons. The van der Waals surface area contributed by atoms with Gasteiger partial charge in [-0.05, 0) is 64.0 Å². The first-order valence-electron chi connectivity index (χ1n) is 7.72. The molecule has 0 atom stereocenters. The lowest BCUT2D eigenvalue weighted by molar-refractivity contribution is -0.635. The molecule has 2 heterocycles. The van der Waals surface area contributed by atoms with Crippen molar-refractivity contribution in [3.8, 4) is 11.4 Å². The van der Waals surface area contributed by atoms with E-state index in [0.717, 1.165) is 3.95 Å². The fourth-order valence-corrected chi connectivity index (χ4v) is 6.27. The monoisotopic (exact) mass is 520 g/mol. The van der Waals surface area contributed by atoms with E-state index in [2.05, 4.69) is 68.2 Å². The quantitative estimate of drug-likeness (QED) is 0.227. The molecule has 2 nitrogen and oxygen atoms in total. The van der Waals surface area contributed by atoms with Crippen LogP contribution in [-0.2, 0) is 0 Å². The average Bonchev–Trinajstić information content (AvgIpc) is 2.97. The largest absolute Gasteiger partial charge is 1.00 e. The van der Waals surface area contributed by atoms with Gasteiger partial charge in [0.1, 0.15) is 0 Å². The van der Waals surface area contributed by atoms with Crippen LogP contribution in [0.5, 0.6) is 0 Å². The second-order valence-electron chi connectivity index (χ2n) is 5.82. The molecule has 7 heteroatoms. The number of thiazole rings is 2. The molecule has 0 saturated carbocycles. The van der Waals surface area contributed by atoms with Crippen LogP contribution in [0.4, 0.5) is 0 Å². The Hall–Kier alpha value is -0.220. The molecule has 3 rings (SSSR count). The minimum Gasteiger partial charge on any atom is -1.00 e. The first-order chi connectivity index (χ1) is 11.4. The van der Waals surface area contributed by atoms with E-state index >= 15 is 0 Å². The Bertz CT molecular complexity index is 982. The van der Waals surface area contributed by atoms with Crippen LogP contribution in [0.15, 0.2) is 22.5 Å². The molecule has 25 heavy (non-hydrogen) atoms. The molecule has 1 aromatic carbocycles. The van der Waals surface area contributed by atoms with E-state index in [1.54, 1.807) is 23.1 Å². The smallest absolute Gasteiger partial charge is 0.303 e. The third-order valence-corrected chi connectivity index (χ3v) is 8.10. The van der Waals surface area contributed by atoms with Gasteiger partial charge in [0.05, 0.1) is 10.6 Å². The summed E-state index contributed by atoms with van der Waals surface area (Å²) >= 11 is 11.0. The van der Waals surface area contributed by atoms with Crippen LogP contribution in [0.2, 0.25) is 0 Å². The number of halogens is 1. The van der Waals surface area contributed by atoms with Gasteiger partial charge in [0.25, 0.3) is 0 Å². The minimum atomic E-state index is 0. The molecule has 0 amide bonds. The van der Waals surface area contributed by atoms with Gasteiger partial charge in [-0.1, -0.05) is 17.4 Å². The Morgan fingerprint density at radius 1 is 1.04 bits per heavy atom. The molecule has 0 fully saturated rings. The maximum Gasteiger partial charge on any atom is 0.303 e. The normalized spacial score (nSPS) is 10.8. The zero-order valence-corrected chi connectivity index (χ0v) is 20.6. The summed E-state index contributed by atoms with van der Waals surface area (Å²) < 4.78 is 6.81. The third kappa shape index (κ3) is 3.63. The summed E-state index contributed by atoms with van der Waals surface area (Å²) in [6, 6.07) is 6.51. The van der Waals surface area contributed by atoms with Crippen molar-refractivity contribution in [2.24, 2.45) is 0 Å². The number of hydrogen-bond donors (Lipinski definition) is 0. The maximum absolute atomic E-state index is 5.61. The van der Waals surface area contributed by atoms with Crippen LogP contribution in [0.25, 0.3) is 11.4 Å². The third-order valence-electron chi connectivity index (χ3n) is 4.47. The van der Waals surface area contributed by atoms with Gasteiger partial charge < -0.3 is 24.0 Å². The summed E-state index contributed by atoms with van der Waals surface area (Å²) in [7, 11) is 0. The number of rotatable bonds is 3. The van der Waals surface area contributed by atoms with Crippen LogP contribution < -0.4 is 28.5 Å². The molecule has 0 N–H and O–H groups in total. The molecule has 0 aliphatic heterocycles. The number of thioether (sulfide) groups is 1. The molecule has 2 aromatic heterocycles. The van der Waals surface area contributed by atoms with Crippen molar-refractivity contribution >= 4 is 46.7 Å². The Kier molecular flexibility index (Phi) is 6.92. The summed E-state index contributed by atoms with van der Waals surface area (Å²) in [5.74, 6) is 0. The van der Waals surface area contributed by atoms with Gasteiger partial charge in [0.2, 0.25) is 5.69 Å². The number of benzene rings is 1. The number of hydrogen-bond acceptors (Lipinski definition) is 4. The van der Waals surface area contributed by atoms with E-state index < -0.39 is 0 Å². The number of aromatic nitrogens is 2. The fourth-order valence-electron chi connectivity index (χ4n) is 2.88. The first-order valence-corrected chi connectivity index (χ1v) is 11.0. The lowest BCUT2D eigenvalue weighted by Crippen LogP contribution is -3.00. The molecule has 0 aliphatic rings. The standard InChI is InChI=1S/C18H21N2S4.HI/c1-10-15(19-11(2)13(4)23-17(19)21)8-7-9-16(10)20-12(3)14(5)24-18(20)22-6;/h7-9H,1-6H3;1H/q+1;/p-1. The molecular weight excluding hydrogens is 499 g/mol. The van der Waals surface area contributed by atoms with Crippen molar-refractivity contribution in [2.45, 2.75) is 39.0 Å². The van der Waals surface area contributed by atoms with E-state index in [-0.39, 0.29) is 24.0 Å². The number of aryl methyl sites for hydroxylation is 2. The average molecular weight is 521 g/mol. The predicted molar refractivity (Wildman–Crippen MR) is 109 cm³/mol. The Morgan fingerprint density at radius 3 is 2.28 bits per heavy atom. The highest BCUT2D eigenvalue weighted by Gasteiger charge is 2.26. The Morgan fingerprint density at radius 2 is 1.72 bits per heavy atom. The zero-order chi connectivity index (χ0) is 17.6. The summed E-state index contributed by atoms with van der Waals surface area (Å²) in [5.41, 5.74) is 6.23. The van der Waals surface area contributed by atoms with Crippen molar-refractivity contribution in [3.05, 3.63) is 48.9 Å². The predicted octanol–water partition coefficient (Wildman–Crippen LogP) is 2.87. The van der Waals surface area contributed by atoms with Crippen molar-refractivity contribution < 1.29 is 28.5 Å². The van der Waals surface area contributed by atoms with Crippen molar-refractivity contribution in [1.29, 1.82) is 0 Å². The number of nitrogens with zero attached hydrogens (tertiary/aromatic N) is 2. The van der Waals surface area contributed by atoms with Crippen LogP contribution in [0.3, 0.4) is 0 Å². The van der Waals surface area contributed by atoms with Gasteiger partial charge in [0.15, 0.2) is 9.65 Å². The molecular formula is C18H21IN2S4. The van der Waals surface area contributed by atoms with E-state index in [9.17, 15) is 0 Å². The van der Waals surface area contributed by atoms with E-state index in [1.165, 1.54) is 42.4 Å². The molecule has 0 unspecified atom stereocenters. The fraction of sp³-hybridized carbons (Fsp3) is 0.333. The lowest BCUT2D eigenvalue weighted by Gasteiger charge is -2.11. The summed E-state index contributed by atoms with van der Waals surface area (Å²) in [6.45, 7) is 10.9. The Labute approximate surface area is 184 Å². The zero-order valence-electron chi connectivity index (χ0n) is 15.1. The molecule has 3 aromatic rings. The highest BCUT2D eigenvalue weighted by molar-refractivity contribution is 8.00. The minimum absolute atomic E-state index is 0. The van der Waals surface area contributed by atoms with Crippen LogP contribution in [-0.4, -0.2) is 10.8 Å². The van der Waals surface area contributed by atoms with Crippen LogP contribution >= 0.6 is 46.7 Å². The van der Waals surface area contributed by atoms with Gasteiger partial charge >= 0.3 is 4.34 Å². The second-order valence-corrected chi connectivity index (χ2v) is 9.92. The van der Waals surface area contributed by atoms with E-state index in [4.69, 9.17) is 12.2 Å². The van der Waals surface area contributed by atoms with Crippen LogP contribution in [0, 0.1) is 38.6 Å². The Balaban J connectivity index is 0.00000225. The highest BCUT2D eigenvalue weighted by atomic mass is 127. The summed E-state index contributed by atoms with van der Waals surface area (Å²) in [5, 5.41) is 0. The van der Waals surface area contributed by atoms with Gasteiger partial charge in [0, 0.05) is 29.1 Å². The molecule has 0 bridgehead atoms. The van der Waals surface area contributed by atoms with Gasteiger partial charge in [-0.2, -0.15) is 0 Å². The van der Waals surface area contributed by atoms with E-state index in [0.29, 0.717) is 0 Å². The molecule has 0 saturated heterocycles. The van der Waals surface area contributed by atoms with Gasteiger partial charge in [-0.15, -0.1) is 15.9 Å². The van der Waals surface area contributed by atoms with Crippen molar-refractivity contribution in [2.75, 3.05) is 6.26 Å². The first kappa shape index (κ1) is 21.1. The van der Waals surface area contributed by atoms with Gasteiger partial charge in [-0.25, -0.2) is 0 Å². The summed E-state index contributed by atoms with van der Waals surface area (Å²) in [6.07, 6.45) is 2.14.